The number of nitrogens with one attached hydrogen (secondary N) is 1. The molecule has 2 aromatic rings. The van der Waals surface area contributed by atoms with Gasteiger partial charge in [-0.1, -0.05) is 12.1 Å². The van der Waals surface area contributed by atoms with Crippen LogP contribution in [0.25, 0.3) is 0 Å². The average Bonchev–Trinajstić information content (AvgIpc) is 3.02. The van der Waals surface area contributed by atoms with Crippen molar-refractivity contribution < 1.29 is 13.9 Å². The second-order valence-corrected chi connectivity index (χ2v) is 4.79. The Labute approximate surface area is 129 Å². The smallest absolute Gasteiger partial charge is 0.291 e. The van der Waals surface area contributed by atoms with Gasteiger partial charge in [-0.3, -0.25) is 9.79 Å². The van der Waals surface area contributed by atoms with Gasteiger partial charge < -0.3 is 20.2 Å². The van der Waals surface area contributed by atoms with E-state index < -0.39 is 0 Å². The SMILES string of the molecule is COCC(N)=NC(C)c1cccc(NC(=O)c2ccco2)c1. The molecular weight excluding hydrogens is 282 g/mol. The Morgan fingerprint density at radius 3 is 2.91 bits per heavy atom. The molecular formula is C16H19N3O3. The van der Waals surface area contributed by atoms with Crippen LogP contribution in [0.1, 0.15) is 29.1 Å². The number of methoxy groups -OCH3 is 1. The fourth-order valence-corrected chi connectivity index (χ4v) is 1.99. The first-order valence-electron chi connectivity index (χ1n) is 6.86. The van der Waals surface area contributed by atoms with Gasteiger partial charge in [-0.2, -0.15) is 0 Å². The molecule has 3 N–H and O–H groups in total. The van der Waals surface area contributed by atoms with Gasteiger partial charge in [0, 0.05) is 12.8 Å². The number of carbonyl (C=O) groups is 1. The summed E-state index contributed by atoms with van der Waals surface area (Å²) in [4.78, 5) is 16.3. The molecule has 6 nitrogen and oxygen atoms in total. The van der Waals surface area contributed by atoms with Gasteiger partial charge >= 0.3 is 0 Å². The van der Waals surface area contributed by atoms with Gasteiger partial charge in [0.2, 0.25) is 0 Å². The van der Waals surface area contributed by atoms with Crippen molar-refractivity contribution in [3.63, 3.8) is 0 Å². The molecule has 1 heterocycles. The van der Waals surface area contributed by atoms with Gasteiger partial charge in [-0.05, 0) is 36.8 Å². The van der Waals surface area contributed by atoms with E-state index in [2.05, 4.69) is 10.3 Å². The summed E-state index contributed by atoms with van der Waals surface area (Å²) in [6, 6.07) is 10.6. The number of hydrogen-bond donors (Lipinski definition) is 2. The summed E-state index contributed by atoms with van der Waals surface area (Å²) in [5, 5.41) is 2.78. The molecule has 1 aromatic heterocycles. The number of hydrogen-bond acceptors (Lipinski definition) is 4. The van der Waals surface area contributed by atoms with Gasteiger partial charge in [0.15, 0.2) is 5.76 Å². The van der Waals surface area contributed by atoms with E-state index in [0.29, 0.717) is 18.1 Å². The number of anilines is 1. The molecule has 0 aliphatic rings. The van der Waals surface area contributed by atoms with Crippen molar-refractivity contribution in [3.8, 4) is 0 Å². The maximum atomic E-state index is 12.0. The molecule has 1 unspecified atom stereocenters. The zero-order valence-electron chi connectivity index (χ0n) is 12.6. The van der Waals surface area contributed by atoms with Crippen LogP contribution >= 0.6 is 0 Å². The molecule has 22 heavy (non-hydrogen) atoms. The molecule has 0 fully saturated rings. The first kappa shape index (κ1) is 15.8. The third-order valence-corrected chi connectivity index (χ3v) is 3.02. The predicted molar refractivity (Wildman–Crippen MR) is 85.0 cm³/mol. The molecule has 0 bridgehead atoms. The van der Waals surface area contributed by atoms with Crippen LogP contribution in [0.4, 0.5) is 5.69 Å². The second kappa shape index (κ2) is 7.42. The number of carbonyl (C=O) groups excluding carboxylic acids is 1. The van der Waals surface area contributed by atoms with Gasteiger partial charge in [-0.25, -0.2) is 0 Å². The largest absolute Gasteiger partial charge is 0.459 e. The monoisotopic (exact) mass is 301 g/mol. The lowest BCUT2D eigenvalue weighted by Crippen LogP contribution is -2.19. The van der Waals surface area contributed by atoms with Crippen LogP contribution in [0.15, 0.2) is 52.1 Å². The quantitative estimate of drug-likeness (QED) is 0.634. The van der Waals surface area contributed by atoms with E-state index in [1.807, 2.05) is 25.1 Å². The zero-order valence-corrected chi connectivity index (χ0v) is 12.6. The van der Waals surface area contributed by atoms with Crippen molar-refractivity contribution in [1.29, 1.82) is 0 Å². The van der Waals surface area contributed by atoms with E-state index in [-0.39, 0.29) is 17.7 Å². The third-order valence-electron chi connectivity index (χ3n) is 3.02. The number of nitrogens with zero attached hydrogens (tertiary/aromatic N) is 1. The van der Waals surface area contributed by atoms with Gasteiger partial charge in [-0.15, -0.1) is 0 Å². The van der Waals surface area contributed by atoms with Crippen LogP contribution in [-0.4, -0.2) is 25.5 Å². The van der Waals surface area contributed by atoms with Gasteiger partial charge in [0.05, 0.1) is 12.3 Å². The minimum Gasteiger partial charge on any atom is -0.459 e. The minimum atomic E-state index is -0.294. The van der Waals surface area contributed by atoms with Crippen LogP contribution in [-0.2, 0) is 4.74 Å². The summed E-state index contributed by atoms with van der Waals surface area (Å²) >= 11 is 0. The summed E-state index contributed by atoms with van der Waals surface area (Å²) in [6.45, 7) is 2.22. The van der Waals surface area contributed by atoms with E-state index in [9.17, 15) is 4.79 Å². The van der Waals surface area contributed by atoms with E-state index in [4.69, 9.17) is 14.9 Å². The summed E-state index contributed by atoms with van der Waals surface area (Å²) < 4.78 is 10.00. The normalized spacial score (nSPS) is 12.9. The molecule has 0 saturated heterocycles. The van der Waals surface area contributed by atoms with Gasteiger partial charge in [0.1, 0.15) is 12.4 Å². The Morgan fingerprint density at radius 2 is 2.23 bits per heavy atom. The number of aliphatic imine (C=N–C) groups is 1. The summed E-state index contributed by atoms with van der Waals surface area (Å²) in [5.41, 5.74) is 7.36. The molecule has 0 radical (unpaired) electrons. The maximum absolute atomic E-state index is 12.0. The Hall–Kier alpha value is -2.60. The third kappa shape index (κ3) is 4.20. The molecule has 0 spiro atoms. The molecule has 0 saturated carbocycles. The van der Waals surface area contributed by atoms with Crippen molar-refractivity contribution in [1.82, 2.24) is 0 Å². The van der Waals surface area contributed by atoms with E-state index in [1.165, 1.54) is 6.26 Å². The van der Waals surface area contributed by atoms with E-state index in [1.54, 1.807) is 25.3 Å². The number of rotatable bonds is 6. The van der Waals surface area contributed by atoms with Crippen molar-refractivity contribution >= 4 is 17.4 Å². The summed E-state index contributed by atoms with van der Waals surface area (Å²) in [7, 11) is 1.57. The first-order valence-corrected chi connectivity index (χ1v) is 6.86. The highest BCUT2D eigenvalue weighted by atomic mass is 16.5. The lowest BCUT2D eigenvalue weighted by atomic mass is 10.1. The van der Waals surface area contributed by atoms with Crippen molar-refractivity contribution in [2.45, 2.75) is 13.0 Å². The van der Waals surface area contributed by atoms with Gasteiger partial charge in [0.25, 0.3) is 5.91 Å². The van der Waals surface area contributed by atoms with E-state index >= 15 is 0 Å². The fourth-order valence-electron chi connectivity index (χ4n) is 1.99. The molecule has 0 aliphatic heterocycles. The lowest BCUT2D eigenvalue weighted by molar-refractivity contribution is 0.0996. The Bertz CT molecular complexity index is 650. The molecule has 1 atom stereocenters. The highest BCUT2D eigenvalue weighted by molar-refractivity contribution is 6.02. The average molecular weight is 301 g/mol. The number of benzene rings is 1. The Balaban J connectivity index is 2.09. The Kier molecular flexibility index (Phi) is 5.32. The van der Waals surface area contributed by atoms with Crippen LogP contribution < -0.4 is 11.1 Å². The predicted octanol–water partition coefficient (Wildman–Crippen LogP) is 2.60. The highest BCUT2D eigenvalue weighted by Crippen LogP contribution is 2.21. The second-order valence-electron chi connectivity index (χ2n) is 4.79. The van der Waals surface area contributed by atoms with Crippen LogP contribution in [0.5, 0.6) is 0 Å². The molecule has 1 amide bonds. The standard InChI is InChI=1S/C16H19N3O3/c1-11(18-15(17)10-21-2)12-5-3-6-13(9-12)19-16(20)14-7-4-8-22-14/h3-9,11H,10H2,1-2H3,(H2,17,18)(H,19,20). The molecule has 6 heteroatoms. The highest BCUT2D eigenvalue weighted by Gasteiger charge is 2.10. The molecule has 0 aliphatic carbocycles. The number of amidine groups is 1. The molecule has 116 valence electrons. The summed E-state index contributed by atoms with van der Waals surface area (Å²) in [6.07, 6.45) is 1.46. The minimum absolute atomic E-state index is 0.129. The first-order chi connectivity index (χ1) is 10.6. The number of amides is 1. The fraction of sp³-hybridized carbons (Fsp3) is 0.250. The van der Waals surface area contributed by atoms with Crippen LogP contribution in [0.2, 0.25) is 0 Å². The summed E-state index contributed by atoms with van der Waals surface area (Å²) in [5.74, 6) is 0.401. The molecule has 2 rings (SSSR count). The van der Waals surface area contributed by atoms with Crippen LogP contribution in [0.3, 0.4) is 0 Å². The van der Waals surface area contributed by atoms with E-state index in [0.717, 1.165) is 5.56 Å². The number of ether oxygens (including phenoxy) is 1. The van der Waals surface area contributed by atoms with Crippen LogP contribution in [0, 0.1) is 0 Å². The topological polar surface area (TPSA) is 89.9 Å². The number of nitrogens with two attached hydrogens (primary N) is 1. The lowest BCUT2D eigenvalue weighted by Gasteiger charge is -2.11. The number of furan rings is 1. The maximum Gasteiger partial charge on any atom is 0.291 e. The Morgan fingerprint density at radius 1 is 1.41 bits per heavy atom. The van der Waals surface area contributed by atoms with Crippen molar-refractivity contribution in [2.75, 3.05) is 19.0 Å². The zero-order chi connectivity index (χ0) is 15.9. The van der Waals surface area contributed by atoms with Crippen molar-refractivity contribution in [3.05, 3.63) is 54.0 Å². The molecule has 1 aromatic carbocycles. The van der Waals surface area contributed by atoms with Crippen molar-refractivity contribution in [2.24, 2.45) is 10.7 Å².